The van der Waals surface area contributed by atoms with E-state index in [0.717, 1.165) is 22.7 Å². The van der Waals surface area contributed by atoms with E-state index < -0.39 is 6.10 Å². The van der Waals surface area contributed by atoms with Crippen LogP contribution in [-0.2, 0) is 6.54 Å². The zero-order valence-electron chi connectivity index (χ0n) is 10.9. The molecule has 0 amide bonds. The third kappa shape index (κ3) is 2.54. The third-order valence-corrected chi connectivity index (χ3v) is 3.05. The van der Waals surface area contributed by atoms with E-state index >= 15 is 0 Å². The number of methoxy groups -OCH3 is 1. The van der Waals surface area contributed by atoms with Gasteiger partial charge in [0.1, 0.15) is 11.6 Å². The number of imidazole rings is 1. The van der Waals surface area contributed by atoms with Crippen molar-refractivity contribution in [1.29, 1.82) is 0 Å². The monoisotopic (exact) mass is 246 g/mol. The predicted octanol–water partition coefficient (Wildman–Crippen LogP) is 2.30. The first-order valence-electron chi connectivity index (χ1n) is 5.94. The molecule has 1 N–H and O–H groups in total. The van der Waals surface area contributed by atoms with Crippen LogP contribution in [0.15, 0.2) is 30.6 Å². The van der Waals surface area contributed by atoms with Gasteiger partial charge in [-0.25, -0.2) is 4.98 Å². The van der Waals surface area contributed by atoms with Crippen LogP contribution in [-0.4, -0.2) is 21.8 Å². The summed E-state index contributed by atoms with van der Waals surface area (Å²) >= 11 is 0. The largest absolute Gasteiger partial charge is 0.496 e. The zero-order valence-corrected chi connectivity index (χ0v) is 10.9. The van der Waals surface area contributed by atoms with Crippen LogP contribution in [0.4, 0.5) is 0 Å². The summed E-state index contributed by atoms with van der Waals surface area (Å²) in [5.41, 5.74) is 1.93. The Bertz CT molecular complexity index is 532. The summed E-state index contributed by atoms with van der Waals surface area (Å²) in [5, 5.41) is 9.63. The summed E-state index contributed by atoms with van der Waals surface area (Å²) in [6.07, 6.45) is 3.24. The van der Waals surface area contributed by atoms with Gasteiger partial charge in [0.15, 0.2) is 0 Å². The Morgan fingerprint density at radius 1 is 1.44 bits per heavy atom. The van der Waals surface area contributed by atoms with Gasteiger partial charge in [-0.05, 0) is 31.5 Å². The van der Waals surface area contributed by atoms with Crippen LogP contribution >= 0.6 is 0 Å². The number of hydrogen-bond acceptors (Lipinski definition) is 3. The second kappa shape index (κ2) is 5.23. The van der Waals surface area contributed by atoms with Crippen molar-refractivity contribution >= 4 is 0 Å². The molecule has 2 aromatic rings. The van der Waals surface area contributed by atoms with Crippen molar-refractivity contribution in [2.24, 2.45) is 0 Å². The first kappa shape index (κ1) is 12.6. The first-order chi connectivity index (χ1) is 8.61. The van der Waals surface area contributed by atoms with Crippen LogP contribution in [0.2, 0.25) is 0 Å². The quantitative estimate of drug-likeness (QED) is 0.900. The maximum absolute atomic E-state index is 9.63. The lowest BCUT2D eigenvalue weighted by atomic mass is 10.1. The molecule has 1 aromatic carbocycles. The smallest absolute Gasteiger partial charge is 0.123 e. The Balaban J connectivity index is 2.35. The Labute approximate surface area is 107 Å². The van der Waals surface area contributed by atoms with E-state index in [-0.39, 0.29) is 0 Å². The summed E-state index contributed by atoms with van der Waals surface area (Å²) in [7, 11) is 1.65. The Hall–Kier alpha value is -1.81. The molecule has 18 heavy (non-hydrogen) atoms. The Morgan fingerprint density at radius 3 is 2.78 bits per heavy atom. The minimum Gasteiger partial charge on any atom is -0.496 e. The highest BCUT2D eigenvalue weighted by molar-refractivity contribution is 5.38. The molecule has 0 radical (unpaired) electrons. The maximum atomic E-state index is 9.63. The van der Waals surface area contributed by atoms with Crippen LogP contribution in [0, 0.1) is 6.92 Å². The molecule has 0 spiro atoms. The lowest BCUT2D eigenvalue weighted by molar-refractivity contribution is 0.199. The van der Waals surface area contributed by atoms with Crippen molar-refractivity contribution in [3.63, 3.8) is 0 Å². The first-order valence-corrected chi connectivity index (χ1v) is 5.94. The predicted molar refractivity (Wildman–Crippen MR) is 69.7 cm³/mol. The van der Waals surface area contributed by atoms with E-state index in [1.165, 1.54) is 0 Å². The molecule has 4 nitrogen and oxygen atoms in total. The summed E-state index contributed by atoms with van der Waals surface area (Å²) < 4.78 is 7.40. The van der Waals surface area contributed by atoms with Crippen LogP contribution < -0.4 is 4.74 Å². The number of hydrogen-bond donors (Lipinski definition) is 1. The molecule has 1 aromatic heterocycles. The molecule has 1 atom stereocenters. The van der Waals surface area contributed by atoms with Crippen molar-refractivity contribution in [2.75, 3.05) is 7.11 Å². The zero-order chi connectivity index (χ0) is 13.1. The summed E-state index contributed by atoms with van der Waals surface area (Å²) in [5.74, 6) is 1.78. The van der Waals surface area contributed by atoms with Gasteiger partial charge in [0, 0.05) is 18.0 Å². The van der Waals surface area contributed by atoms with Gasteiger partial charge in [0.2, 0.25) is 0 Å². The summed E-state index contributed by atoms with van der Waals surface area (Å²) in [6, 6.07) is 5.75. The van der Waals surface area contributed by atoms with Gasteiger partial charge in [0.05, 0.1) is 19.8 Å². The third-order valence-electron chi connectivity index (χ3n) is 3.05. The van der Waals surface area contributed by atoms with E-state index in [2.05, 4.69) is 4.98 Å². The summed E-state index contributed by atoms with van der Waals surface area (Å²) in [4.78, 5) is 4.20. The van der Waals surface area contributed by atoms with Crippen molar-refractivity contribution in [3.05, 3.63) is 47.5 Å². The van der Waals surface area contributed by atoms with Crippen LogP contribution in [0.5, 0.6) is 5.75 Å². The van der Waals surface area contributed by atoms with E-state index in [4.69, 9.17) is 4.74 Å². The number of aromatic nitrogens is 2. The molecule has 0 aliphatic rings. The molecule has 0 aliphatic heterocycles. The van der Waals surface area contributed by atoms with Gasteiger partial charge in [-0.2, -0.15) is 0 Å². The molecular formula is C14H18N2O2. The standard InChI is InChI=1S/C14H18N2O2/c1-10(17)12-4-5-14(18-3)13(8-12)9-16-7-6-15-11(16)2/h4-8,10,17H,9H2,1-3H3. The molecule has 1 heterocycles. The fourth-order valence-electron chi connectivity index (χ4n) is 1.94. The fourth-order valence-corrected chi connectivity index (χ4v) is 1.94. The van der Waals surface area contributed by atoms with Crippen LogP contribution in [0.1, 0.15) is 30.0 Å². The van der Waals surface area contributed by atoms with Gasteiger partial charge in [0.25, 0.3) is 0 Å². The van der Waals surface area contributed by atoms with Crippen molar-refractivity contribution < 1.29 is 9.84 Å². The van der Waals surface area contributed by atoms with Gasteiger partial charge < -0.3 is 14.4 Å². The number of aryl methyl sites for hydroxylation is 1. The molecule has 0 fully saturated rings. The molecule has 0 saturated carbocycles. The highest BCUT2D eigenvalue weighted by atomic mass is 16.5. The number of rotatable bonds is 4. The molecule has 2 rings (SSSR count). The lowest BCUT2D eigenvalue weighted by Gasteiger charge is -2.13. The van der Waals surface area contributed by atoms with E-state index in [1.807, 2.05) is 35.9 Å². The molecule has 0 bridgehead atoms. The van der Waals surface area contributed by atoms with E-state index in [1.54, 1.807) is 20.2 Å². The molecule has 4 heteroatoms. The van der Waals surface area contributed by atoms with Crippen molar-refractivity contribution in [1.82, 2.24) is 9.55 Å². The fraction of sp³-hybridized carbons (Fsp3) is 0.357. The number of aliphatic hydroxyl groups is 1. The number of ether oxygens (including phenoxy) is 1. The van der Waals surface area contributed by atoms with Gasteiger partial charge in [-0.1, -0.05) is 6.07 Å². The highest BCUT2D eigenvalue weighted by Gasteiger charge is 2.09. The minimum absolute atomic E-state index is 0.474. The van der Waals surface area contributed by atoms with Gasteiger partial charge in [-0.15, -0.1) is 0 Å². The highest BCUT2D eigenvalue weighted by Crippen LogP contribution is 2.24. The average Bonchev–Trinajstić information content (AvgIpc) is 2.75. The Morgan fingerprint density at radius 2 is 2.22 bits per heavy atom. The minimum atomic E-state index is -0.474. The lowest BCUT2D eigenvalue weighted by Crippen LogP contribution is -2.04. The SMILES string of the molecule is COc1ccc(C(C)O)cc1Cn1ccnc1C. The van der Waals surface area contributed by atoms with Gasteiger partial charge in [-0.3, -0.25) is 0 Å². The second-order valence-corrected chi connectivity index (χ2v) is 4.35. The van der Waals surface area contributed by atoms with Crippen molar-refractivity contribution in [2.45, 2.75) is 26.5 Å². The van der Waals surface area contributed by atoms with Gasteiger partial charge >= 0.3 is 0 Å². The van der Waals surface area contributed by atoms with Crippen LogP contribution in [0.3, 0.4) is 0 Å². The van der Waals surface area contributed by atoms with Crippen LogP contribution in [0.25, 0.3) is 0 Å². The topological polar surface area (TPSA) is 47.3 Å². The van der Waals surface area contributed by atoms with E-state index in [0.29, 0.717) is 6.54 Å². The molecule has 96 valence electrons. The number of aliphatic hydroxyl groups excluding tert-OH is 1. The van der Waals surface area contributed by atoms with Crippen molar-refractivity contribution in [3.8, 4) is 5.75 Å². The Kier molecular flexibility index (Phi) is 3.67. The summed E-state index contributed by atoms with van der Waals surface area (Å²) in [6.45, 7) is 4.41. The molecule has 0 aliphatic carbocycles. The normalized spacial score (nSPS) is 12.4. The maximum Gasteiger partial charge on any atom is 0.123 e. The number of nitrogens with zero attached hydrogens (tertiary/aromatic N) is 2. The average molecular weight is 246 g/mol. The second-order valence-electron chi connectivity index (χ2n) is 4.35. The number of benzene rings is 1. The molecular weight excluding hydrogens is 228 g/mol. The molecule has 1 unspecified atom stereocenters. The van der Waals surface area contributed by atoms with E-state index in [9.17, 15) is 5.11 Å². The molecule has 0 saturated heterocycles.